The fourth-order valence-corrected chi connectivity index (χ4v) is 2.78. The molecule has 0 fully saturated rings. The molecule has 1 atom stereocenters. The van der Waals surface area contributed by atoms with Gasteiger partial charge in [-0.2, -0.15) is 0 Å². The lowest BCUT2D eigenvalue weighted by Gasteiger charge is -2.10. The van der Waals surface area contributed by atoms with Crippen LogP contribution in [-0.2, 0) is 4.79 Å². The summed E-state index contributed by atoms with van der Waals surface area (Å²) in [5.74, 6) is -0.258. The molecule has 0 bridgehead atoms. The van der Waals surface area contributed by atoms with Crippen LogP contribution in [0.5, 0.6) is 0 Å². The summed E-state index contributed by atoms with van der Waals surface area (Å²) in [5.41, 5.74) is 1.09. The van der Waals surface area contributed by atoms with Crippen LogP contribution in [0.2, 0.25) is 0 Å². The normalized spacial score (nSPS) is 27.5. The predicted molar refractivity (Wildman–Crippen MR) is 48.6 cm³/mol. The number of carbonyl (C=O) groups is 1. The zero-order chi connectivity index (χ0) is 8.55. The first-order chi connectivity index (χ1) is 5.79. The lowest BCUT2D eigenvalue weighted by molar-refractivity contribution is -0.139. The van der Waals surface area contributed by atoms with Gasteiger partial charge in [-0.05, 0) is 12.0 Å². The van der Waals surface area contributed by atoms with E-state index in [2.05, 4.69) is 4.99 Å². The van der Waals surface area contributed by atoms with E-state index in [-0.39, 0.29) is 5.92 Å². The Morgan fingerprint density at radius 1 is 1.75 bits per heavy atom. The minimum Gasteiger partial charge on any atom is -0.481 e. The highest BCUT2D eigenvalue weighted by atomic mass is 32.2. The van der Waals surface area contributed by atoms with E-state index < -0.39 is 5.97 Å². The highest BCUT2D eigenvalue weighted by Gasteiger charge is 2.31. The second kappa shape index (κ2) is 2.94. The number of allylic oxidation sites excluding steroid dienone is 1. The molecule has 0 amide bonds. The second-order valence-electron chi connectivity index (χ2n) is 2.88. The van der Waals surface area contributed by atoms with E-state index in [0.717, 1.165) is 23.4 Å². The Hall–Kier alpha value is -0.770. The summed E-state index contributed by atoms with van der Waals surface area (Å²) in [6.07, 6.45) is 2.64. The molecule has 0 radical (unpaired) electrons. The summed E-state index contributed by atoms with van der Waals surface area (Å²) in [6, 6.07) is 0. The minimum atomic E-state index is -0.692. The highest BCUT2D eigenvalue weighted by molar-refractivity contribution is 8.04. The van der Waals surface area contributed by atoms with Gasteiger partial charge in [-0.25, -0.2) is 0 Å². The maximum absolute atomic E-state index is 10.8. The van der Waals surface area contributed by atoms with Crippen LogP contribution in [0.15, 0.2) is 15.5 Å². The van der Waals surface area contributed by atoms with E-state index in [1.807, 2.05) is 6.21 Å². The molecule has 4 heteroatoms. The van der Waals surface area contributed by atoms with Crippen molar-refractivity contribution in [2.75, 3.05) is 12.3 Å². The molecule has 64 valence electrons. The van der Waals surface area contributed by atoms with Gasteiger partial charge in [-0.1, -0.05) is 0 Å². The van der Waals surface area contributed by atoms with Gasteiger partial charge >= 0.3 is 5.97 Å². The molecule has 0 aliphatic carbocycles. The van der Waals surface area contributed by atoms with Crippen molar-refractivity contribution in [3.8, 4) is 0 Å². The third kappa shape index (κ3) is 1.16. The zero-order valence-corrected chi connectivity index (χ0v) is 7.30. The number of nitrogens with zero attached hydrogens (tertiary/aromatic N) is 1. The predicted octanol–water partition coefficient (Wildman–Crippen LogP) is 1.16. The fraction of sp³-hybridized carbons (Fsp3) is 0.500. The van der Waals surface area contributed by atoms with E-state index >= 15 is 0 Å². The van der Waals surface area contributed by atoms with Gasteiger partial charge in [0.05, 0.1) is 5.92 Å². The Morgan fingerprint density at radius 3 is 3.33 bits per heavy atom. The molecule has 0 aromatic rings. The summed E-state index contributed by atoms with van der Waals surface area (Å²) in [6.45, 7) is 0.753. The smallest absolute Gasteiger partial charge is 0.311 e. The molecule has 1 N–H and O–H groups in total. The number of aliphatic imine (C=N–C) groups is 1. The molecule has 12 heavy (non-hydrogen) atoms. The molecular weight excluding hydrogens is 174 g/mol. The van der Waals surface area contributed by atoms with Crippen molar-refractivity contribution in [1.82, 2.24) is 0 Å². The Labute approximate surface area is 74.6 Å². The summed E-state index contributed by atoms with van der Waals surface area (Å²) in [7, 11) is 0. The monoisotopic (exact) mass is 183 g/mol. The first-order valence-corrected chi connectivity index (χ1v) is 4.86. The van der Waals surface area contributed by atoms with E-state index in [9.17, 15) is 4.79 Å². The molecule has 3 nitrogen and oxygen atoms in total. The van der Waals surface area contributed by atoms with Gasteiger partial charge in [-0.3, -0.25) is 9.79 Å². The lowest BCUT2D eigenvalue weighted by atomic mass is 9.97. The number of carboxylic acid groups (broad SMARTS) is 1. The largest absolute Gasteiger partial charge is 0.481 e. The molecule has 0 aromatic heterocycles. The van der Waals surface area contributed by atoms with Gasteiger partial charge in [-0.15, -0.1) is 11.8 Å². The lowest BCUT2D eigenvalue weighted by Crippen LogP contribution is -2.17. The SMILES string of the molecule is O=C(O)C1CSC2=C1CCN=C2. The van der Waals surface area contributed by atoms with Gasteiger partial charge < -0.3 is 5.11 Å². The number of aliphatic carboxylic acids is 1. The third-order valence-corrected chi connectivity index (χ3v) is 3.34. The van der Waals surface area contributed by atoms with E-state index in [1.165, 1.54) is 0 Å². The zero-order valence-electron chi connectivity index (χ0n) is 6.49. The molecule has 2 aliphatic heterocycles. The number of thioether (sulfide) groups is 1. The maximum Gasteiger partial charge on any atom is 0.311 e. The van der Waals surface area contributed by atoms with Crippen molar-refractivity contribution in [1.29, 1.82) is 0 Å². The number of dihydropyridines is 1. The van der Waals surface area contributed by atoms with Crippen LogP contribution in [0.3, 0.4) is 0 Å². The Bertz CT molecular complexity index is 283. The van der Waals surface area contributed by atoms with Crippen molar-refractivity contribution >= 4 is 23.9 Å². The molecule has 0 saturated heterocycles. The number of hydrogen-bond acceptors (Lipinski definition) is 3. The fourth-order valence-electron chi connectivity index (χ4n) is 1.51. The van der Waals surface area contributed by atoms with Crippen LogP contribution in [0.1, 0.15) is 6.42 Å². The van der Waals surface area contributed by atoms with Gasteiger partial charge in [0, 0.05) is 23.4 Å². The minimum absolute atomic E-state index is 0.253. The summed E-state index contributed by atoms with van der Waals surface area (Å²) >= 11 is 1.61. The quantitative estimate of drug-likeness (QED) is 0.663. The third-order valence-electron chi connectivity index (χ3n) is 2.16. The topological polar surface area (TPSA) is 49.7 Å². The first kappa shape index (κ1) is 7.86. The summed E-state index contributed by atoms with van der Waals surface area (Å²) in [5, 5.41) is 8.86. The van der Waals surface area contributed by atoms with Gasteiger partial charge in [0.25, 0.3) is 0 Å². The van der Waals surface area contributed by atoms with Crippen LogP contribution in [0.4, 0.5) is 0 Å². The Balaban J connectivity index is 2.27. The van der Waals surface area contributed by atoms with Crippen molar-refractivity contribution < 1.29 is 9.90 Å². The van der Waals surface area contributed by atoms with E-state index in [1.54, 1.807) is 11.8 Å². The molecule has 1 unspecified atom stereocenters. The Morgan fingerprint density at radius 2 is 2.58 bits per heavy atom. The van der Waals surface area contributed by atoms with Crippen molar-refractivity contribution in [2.45, 2.75) is 6.42 Å². The van der Waals surface area contributed by atoms with Crippen molar-refractivity contribution in [3.05, 3.63) is 10.5 Å². The summed E-state index contributed by atoms with van der Waals surface area (Å²) in [4.78, 5) is 16.0. The first-order valence-electron chi connectivity index (χ1n) is 3.87. The van der Waals surface area contributed by atoms with Gasteiger partial charge in [0.15, 0.2) is 0 Å². The highest BCUT2D eigenvalue weighted by Crippen LogP contribution is 2.38. The standard InChI is InChI=1S/C8H9NO2S/c10-8(11)6-4-12-7-3-9-2-1-5(6)7/h3,6H,1-2,4H2,(H,10,11). The number of rotatable bonds is 1. The Kier molecular flexibility index (Phi) is 1.92. The molecule has 0 saturated carbocycles. The van der Waals surface area contributed by atoms with Gasteiger partial charge in [0.1, 0.15) is 0 Å². The van der Waals surface area contributed by atoms with Crippen LogP contribution in [0, 0.1) is 5.92 Å². The molecule has 2 rings (SSSR count). The van der Waals surface area contributed by atoms with E-state index in [4.69, 9.17) is 5.11 Å². The molecule has 2 aliphatic rings. The van der Waals surface area contributed by atoms with Crippen molar-refractivity contribution in [2.24, 2.45) is 10.9 Å². The van der Waals surface area contributed by atoms with Crippen LogP contribution < -0.4 is 0 Å². The number of carboxylic acids is 1. The molecule has 0 aromatic carbocycles. The van der Waals surface area contributed by atoms with Crippen molar-refractivity contribution in [3.63, 3.8) is 0 Å². The van der Waals surface area contributed by atoms with Crippen LogP contribution in [0.25, 0.3) is 0 Å². The summed E-state index contributed by atoms with van der Waals surface area (Å²) < 4.78 is 0. The van der Waals surface area contributed by atoms with Crippen LogP contribution >= 0.6 is 11.8 Å². The second-order valence-corrected chi connectivity index (χ2v) is 3.94. The van der Waals surface area contributed by atoms with E-state index in [0.29, 0.717) is 5.75 Å². The average molecular weight is 183 g/mol. The maximum atomic E-state index is 10.8. The number of hydrogen-bond donors (Lipinski definition) is 1. The molecular formula is C8H9NO2S. The van der Waals surface area contributed by atoms with Crippen LogP contribution in [-0.4, -0.2) is 29.6 Å². The van der Waals surface area contributed by atoms with Gasteiger partial charge in [0.2, 0.25) is 0 Å². The average Bonchev–Trinajstić information content (AvgIpc) is 2.47. The molecule has 2 heterocycles. The molecule has 0 spiro atoms.